The number of nitrogens with zero attached hydrogens (tertiary/aromatic N) is 1. The van der Waals surface area contributed by atoms with E-state index in [2.05, 4.69) is 10.3 Å². The number of para-hydroxylation sites is 1. The fourth-order valence-electron chi connectivity index (χ4n) is 3.48. The second-order valence-electron chi connectivity index (χ2n) is 7.08. The Bertz CT molecular complexity index is 746. The maximum absolute atomic E-state index is 12.2. The van der Waals surface area contributed by atoms with Gasteiger partial charge in [-0.2, -0.15) is 0 Å². The highest BCUT2D eigenvalue weighted by Gasteiger charge is 2.22. The molecule has 0 spiro atoms. The summed E-state index contributed by atoms with van der Waals surface area (Å²) in [5, 5.41) is 12.4. The molecule has 2 N–H and O–H groups in total. The first-order valence-corrected chi connectivity index (χ1v) is 9.80. The Kier molecular flexibility index (Phi) is 6.93. The molecule has 1 aromatic carbocycles. The molecule has 0 unspecified atom stereocenters. The summed E-state index contributed by atoms with van der Waals surface area (Å²) in [5.74, 6) is 1.66. The predicted molar refractivity (Wildman–Crippen MR) is 105 cm³/mol. The number of amides is 1. The number of hydrogen-bond donors (Lipinski definition) is 2. The van der Waals surface area contributed by atoms with Crippen molar-refractivity contribution in [3.8, 4) is 11.6 Å². The van der Waals surface area contributed by atoms with Gasteiger partial charge in [-0.1, -0.05) is 29.8 Å². The number of ether oxygens (including phenoxy) is 1. The van der Waals surface area contributed by atoms with Gasteiger partial charge < -0.3 is 15.2 Å². The van der Waals surface area contributed by atoms with Crippen molar-refractivity contribution in [2.24, 2.45) is 11.8 Å². The number of hydrogen-bond acceptors (Lipinski definition) is 4. The summed E-state index contributed by atoms with van der Waals surface area (Å²) < 4.78 is 5.79. The highest BCUT2D eigenvalue weighted by molar-refractivity contribution is 6.32. The van der Waals surface area contributed by atoms with E-state index < -0.39 is 0 Å². The second kappa shape index (κ2) is 9.60. The van der Waals surface area contributed by atoms with Crippen LogP contribution in [0, 0.1) is 11.8 Å². The van der Waals surface area contributed by atoms with Crippen molar-refractivity contribution in [1.29, 1.82) is 0 Å². The Hall–Kier alpha value is -2.27. The zero-order valence-corrected chi connectivity index (χ0v) is 16.0. The third-order valence-electron chi connectivity index (χ3n) is 5.14. The number of nitrogens with one attached hydrogen (secondary N) is 1. The van der Waals surface area contributed by atoms with E-state index in [0.717, 1.165) is 31.6 Å². The standard InChI is InChI=1S/C21H25ClN2O3/c22-19-12-17(14-24-21(19)26)20(25)23-13-16-8-6-15(7-9-16)10-11-27-18-4-2-1-3-5-18/h1-5,12,14-16H,6-11,13H2,(H,23,25)(H,24,26)/t15-,16+. The van der Waals surface area contributed by atoms with Crippen LogP contribution in [0.25, 0.3) is 0 Å². The van der Waals surface area contributed by atoms with Crippen LogP contribution < -0.4 is 10.1 Å². The first kappa shape index (κ1) is 19.5. The molecule has 1 saturated carbocycles. The van der Waals surface area contributed by atoms with Gasteiger partial charge in [-0.05, 0) is 62.1 Å². The minimum Gasteiger partial charge on any atom is -0.494 e. The lowest BCUT2D eigenvalue weighted by atomic mass is 9.80. The first-order chi connectivity index (χ1) is 13.1. The Morgan fingerprint density at radius 1 is 1.19 bits per heavy atom. The number of carbonyl (C=O) groups is 1. The van der Waals surface area contributed by atoms with Crippen LogP contribution in [0.5, 0.6) is 11.6 Å². The van der Waals surface area contributed by atoms with Crippen LogP contribution in [-0.2, 0) is 0 Å². The molecule has 0 aliphatic heterocycles. The zero-order valence-electron chi connectivity index (χ0n) is 15.2. The molecule has 1 aliphatic rings. The van der Waals surface area contributed by atoms with Crippen LogP contribution >= 0.6 is 11.6 Å². The average molecular weight is 389 g/mol. The lowest BCUT2D eigenvalue weighted by Crippen LogP contribution is -2.31. The lowest BCUT2D eigenvalue weighted by Gasteiger charge is -2.28. The number of rotatable bonds is 7. The topological polar surface area (TPSA) is 71.5 Å². The van der Waals surface area contributed by atoms with E-state index in [1.807, 2.05) is 30.3 Å². The van der Waals surface area contributed by atoms with Crippen LogP contribution in [0.4, 0.5) is 0 Å². The summed E-state index contributed by atoms with van der Waals surface area (Å²) in [6, 6.07) is 11.4. The molecule has 0 atom stereocenters. The van der Waals surface area contributed by atoms with E-state index in [0.29, 0.717) is 23.9 Å². The van der Waals surface area contributed by atoms with Crippen molar-refractivity contribution in [3.63, 3.8) is 0 Å². The summed E-state index contributed by atoms with van der Waals surface area (Å²) in [6.45, 7) is 1.41. The molecular weight excluding hydrogens is 364 g/mol. The van der Waals surface area contributed by atoms with Crippen molar-refractivity contribution in [2.45, 2.75) is 32.1 Å². The van der Waals surface area contributed by atoms with E-state index in [4.69, 9.17) is 16.3 Å². The monoisotopic (exact) mass is 388 g/mol. The van der Waals surface area contributed by atoms with E-state index in [1.54, 1.807) is 0 Å². The highest BCUT2D eigenvalue weighted by atomic mass is 35.5. The third kappa shape index (κ3) is 5.86. The van der Waals surface area contributed by atoms with Gasteiger partial charge in [0.25, 0.3) is 5.91 Å². The van der Waals surface area contributed by atoms with Gasteiger partial charge in [-0.25, -0.2) is 4.98 Å². The molecule has 0 saturated heterocycles. The quantitative estimate of drug-likeness (QED) is 0.735. The number of aromatic hydroxyl groups is 1. The Morgan fingerprint density at radius 3 is 2.59 bits per heavy atom. The van der Waals surface area contributed by atoms with Crippen molar-refractivity contribution in [1.82, 2.24) is 10.3 Å². The van der Waals surface area contributed by atoms with Crippen molar-refractivity contribution < 1.29 is 14.6 Å². The molecule has 1 fully saturated rings. The van der Waals surface area contributed by atoms with Gasteiger partial charge in [-0.3, -0.25) is 4.79 Å². The largest absolute Gasteiger partial charge is 0.494 e. The average Bonchev–Trinajstić information content (AvgIpc) is 2.70. The normalized spacial score (nSPS) is 19.4. The molecule has 3 rings (SSSR count). The van der Waals surface area contributed by atoms with Crippen LogP contribution in [0.1, 0.15) is 42.5 Å². The molecule has 1 aromatic heterocycles. The lowest BCUT2D eigenvalue weighted by molar-refractivity contribution is 0.0940. The summed E-state index contributed by atoms with van der Waals surface area (Å²) in [4.78, 5) is 15.9. The van der Waals surface area contributed by atoms with Gasteiger partial charge >= 0.3 is 0 Å². The number of benzene rings is 1. The van der Waals surface area contributed by atoms with Crippen LogP contribution in [0.3, 0.4) is 0 Å². The SMILES string of the molecule is O=C(NC[C@H]1CC[C@@H](CCOc2ccccc2)CC1)c1cnc(O)c(Cl)c1. The number of halogens is 1. The van der Waals surface area contributed by atoms with Crippen molar-refractivity contribution >= 4 is 17.5 Å². The van der Waals surface area contributed by atoms with Gasteiger partial charge in [0, 0.05) is 12.7 Å². The van der Waals surface area contributed by atoms with Crippen LogP contribution in [0.15, 0.2) is 42.6 Å². The molecule has 27 heavy (non-hydrogen) atoms. The molecule has 5 nitrogen and oxygen atoms in total. The molecule has 1 amide bonds. The molecule has 1 aliphatic carbocycles. The molecule has 144 valence electrons. The fraction of sp³-hybridized carbons (Fsp3) is 0.429. The molecule has 1 heterocycles. The Balaban J connectivity index is 1.34. The Labute approximate surface area is 164 Å². The fourth-order valence-corrected chi connectivity index (χ4v) is 3.64. The van der Waals surface area contributed by atoms with Crippen LogP contribution in [0.2, 0.25) is 5.02 Å². The third-order valence-corrected chi connectivity index (χ3v) is 5.42. The van der Waals surface area contributed by atoms with E-state index in [1.165, 1.54) is 25.1 Å². The molecule has 0 radical (unpaired) electrons. The zero-order chi connectivity index (χ0) is 19.1. The van der Waals surface area contributed by atoms with Crippen molar-refractivity contribution in [2.75, 3.05) is 13.2 Å². The minimum absolute atomic E-state index is 0.0841. The number of aromatic nitrogens is 1. The molecule has 2 aromatic rings. The number of pyridine rings is 1. The summed E-state index contributed by atoms with van der Waals surface area (Å²) in [6.07, 6.45) is 6.98. The van der Waals surface area contributed by atoms with Gasteiger partial charge in [0.2, 0.25) is 5.88 Å². The van der Waals surface area contributed by atoms with E-state index in [-0.39, 0.29) is 16.8 Å². The molecular formula is C21H25ClN2O3. The highest BCUT2D eigenvalue weighted by Crippen LogP contribution is 2.30. The predicted octanol–water partition coefficient (Wildman–Crippen LogP) is 4.45. The summed E-state index contributed by atoms with van der Waals surface area (Å²) >= 11 is 5.80. The number of carbonyl (C=O) groups excluding carboxylic acids is 1. The maximum Gasteiger partial charge on any atom is 0.252 e. The van der Waals surface area contributed by atoms with E-state index >= 15 is 0 Å². The second-order valence-corrected chi connectivity index (χ2v) is 7.48. The van der Waals surface area contributed by atoms with Gasteiger partial charge in [0.15, 0.2) is 0 Å². The molecule has 0 bridgehead atoms. The van der Waals surface area contributed by atoms with E-state index in [9.17, 15) is 9.90 Å². The van der Waals surface area contributed by atoms with Gasteiger partial charge in [-0.15, -0.1) is 0 Å². The smallest absolute Gasteiger partial charge is 0.252 e. The Morgan fingerprint density at radius 2 is 1.89 bits per heavy atom. The molecule has 6 heteroatoms. The summed E-state index contributed by atoms with van der Waals surface area (Å²) in [5.41, 5.74) is 0.365. The maximum atomic E-state index is 12.2. The summed E-state index contributed by atoms with van der Waals surface area (Å²) in [7, 11) is 0. The van der Waals surface area contributed by atoms with Gasteiger partial charge in [0.05, 0.1) is 12.2 Å². The first-order valence-electron chi connectivity index (χ1n) is 9.42. The van der Waals surface area contributed by atoms with Crippen LogP contribution in [-0.4, -0.2) is 29.1 Å². The minimum atomic E-state index is -0.261. The van der Waals surface area contributed by atoms with Crippen molar-refractivity contribution in [3.05, 3.63) is 53.2 Å². The van der Waals surface area contributed by atoms with Gasteiger partial charge in [0.1, 0.15) is 10.8 Å².